The third kappa shape index (κ3) is 2.16. The predicted molar refractivity (Wildman–Crippen MR) is 71.4 cm³/mol. The molecule has 1 aliphatic carbocycles. The van der Waals surface area contributed by atoms with Gasteiger partial charge in [-0.05, 0) is 24.7 Å². The largest absolute Gasteiger partial charge is 0.396 e. The van der Waals surface area contributed by atoms with E-state index in [9.17, 15) is 0 Å². The normalized spacial score (nSPS) is 16.7. The van der Waals surface area contributed by atoms with Crippen molar-refractivity contribution in [2.45, 2.75) is 19.3 Å². The van der Waals surface area contributed by atoms with Crippen LogP contribution in [0.1, 0.15) is 19.3 Å². The number of nitrogens with one attached hydrogen (secondary N) is 1. The molecule has 18 heavy (non-hydrogen) atoms. The first-order valence-corrected chi connectivity index (χ1v) is 6.38. The maximum absolute atomic E-state index is 9.06. The van der Waals surface area contributed by atoms with Crippen LogP contribution >= 0.6 is 0 Å². The highest BCUT2D eigenvalue weighted by Gasteiger charge is 2.41. The van der Waals surface area contributed by atoms with Crippen molar-refractivity contribution < 1.29 is 5.11 Å². The summed E-state index contributed by atoms with van der Waals surface area (Å²) in [7, 11) is 0. The molecule has 0 atom stereocenters. The molecule has 0 aliphatic heterocycles. The van der Waals surface area contributed by atoms with Crippen molar-refractivity contribution in [3.63, 3.8) is 0 Å². The Labute approximate surface area is 106 Å². The maximum atomic E-state index is 9.06. The van der Waals surface area contributed by atoms with E-state index in [1.54, 1.807) is 6.20 Å². The predicted octanol–water partition coefficient (Wildman–Crippen LogP) is 2.20. The first-order valence-electron chi connectivity index (χ1n) is 6.38. The highest BCUT2D eigenvalue weighted by molar-refractivity contribution is 5.90. The molecule has 0 saturated heterocycles. The monoisotopic (exact) mass is 243 g/mol. The zero-order chi connectivity index (χ0) is 12.4. The molecule has 1 saturated carbocycles. The zero-order valence-corrected chi connectivity index (χ0v) is 10.3. The van der Waals surface area contributed by atoms with Crippen LogP contribution in [0.3, 0.4) is 0 Å². The lowest BCUT2D eigenvalue weighted by molar-refractivity contribution is 0.253. The highest BCUT2D eigenvalue weighted by Crippen LogP contribution is 2.48. The Morgan fingerprint density at radius 1 is 1.28 bits per heavy atom. The molecule has 1 fully saturated rings. The molecule has 1 aromatic heterocycles. The summed E-state index contributed by atoms with van der Waals surface area (Å²) < 4.78 is 0. The molecule has 0 radical (unpaired) electrons. The minimum Gasteiger partial charge on any atom is -0.396 e. The summed E-state index contributed by atoms with van der Waals surface area (Å²) in [4.78, 5) is 0. The van der Waals surface area contributed by atoms with Gasteiger partial charge in [0.05, 0.1) is 6.20 Å². The number of rotatable bonds is 5. The van der Waals surface area contributed by atoms with Crippen LogP contribution in [0.5, 0.6) is 0 Å². The van der Waals surface area contributed by atoms with E-state index in [1.807, 2.05) is 18.2 Å². The number of nitrogens with zero attached hydrogens (tertiary/aromatic N) is 2. The summed E-state index contributed by atoms with van der Waals surface area (Å²) in [5.74, 6) is 0.845. The summed E-state index contributed by atoms with van der Waals surface area (Å²) >= 11 is 0. The molecular formula is C14H17N3O. The first kappa shape index (κ1) is 11.4. The molecule has 2 aromatic rings. The third-order valence-electron chi connectivity index (χ3n) is 3.80. The topological polar surface area (TPSA) is 58.0 Å². The van der Waals surface area contributed by atoms with Crippen LogP contribution in [-0.4, -0.2) is 28.5 Å². The van der Waals surface area contributed by atoms with E-state index in [0.29, 0.717) is 0 Å². The Morgan fingerprint density at radius 3 is 2.89 bits per heavy atom. The smallest absolute Gasteiger partial charge is 0.156 e. The van der Waals surface area contributed by atoms with E-state index >= 15 is 0 Å². The second-order valence-electron chi connectivity index (χ2n) is 5.11. The number of aliphatic hydroxyl groups excluding tert-OH is 1. The standard InChI is InChI=1S/C14H17N3O/c18-8-7-14(5-6-14)10-15-13-12-4-2-1-3-11(12)9-16-17-13/h1-4,9,18H,5-8,10H2,(H,15,17). The van der Waals surface area contributed by atoms with Gasteiger partial charge in [0.25, 0.3) is 0 Å². The van der Waals surface area contributed by atoms with Crippen LogP contribution in [0.4, 0.5) is 5.82 Å². The van der Waals surface area contributed by atoms with Gasteiger partial charge in [0, 0.05) is 23.9 Å². The lowest BCUT2D eigenvalue weighted by atomic mass is 10.0. The number of anilines is 1. The summed E-state index contributed by atoms with van der Waals surface area (Å²) in [5.41, 5.74) is 0.285. The Hall–Kier alpha value is -1.68. The number of aliphatic hydroxyl groups is 1. The summed E-state index contributed by atoms with van der Waals surface area (Å²) in [6, 6.07) is 8.10. The van der Waals surface area contributed by atoms with Gasteiger partial charge >= 0.3 is 0 Å². The molecule has 1 aliphatic rings. The van der Waals surface area contributed by atoms with Gasteiger partial charge in [0.2, 0.25) is 0 Å². The molecule has 0 unspecified atom stereocenters. The van der Waals surface area contributed by atoms with Crippen molar-refractivity contribution in [2.75, 3.05) is 18.5 Å². The molecule has 1 heterocycles. The van der Waals surface area contributed by atoms with Crippen molar-refractivity contribution in [1.82, 2.24) is 10.2 Å². The fourth-order valence-electron chi connectivity index (χ4n) is 2.36. The van der Waals surface area contributed by atoms with Gasteiger partial charge in [0.1, 0.15) is 0 Å². The fraction of sp³-hybridized carbons (Fsp3) is 0.429. The lowest BCUT2D eigenvalue weighted by Gasteiger charge is -2.15. The first-order chi connectivity index (χ1) is 8.83. The van der Waals surface area contributed by atoms with Crippen LogP contribution in [-0.2, 0) is 0 Å². The van der Waals surface area contributed by atoms with Gasteiger partial charge < -0.3 is 10.4 Å². The molecule has 94 valence electrons. The Kier molecular flexibility index (Phi) is 2.88. The number of benzene rings is 1. The minimum atomic E-state index is 0.267. The van der Waals surface area contributed by atoms with Crippen molar-refractivity contribution in [1.29, 1.82) is 0 Å². The van der Waals surface area contributed by atoms with E-state index in [0.717, 1.165) is 29.6 Å². The maximum Gasteiger partial charge on any atom is 0.156 e. The van der Waals surface area contributed by atoms with Gasteiger partial charge in [0.15, 0.2) is 5.82 Å². The summed E-state index contributed by atoms with van der Waals surface area (Å²) in [6.07, 6.45) is 5.04. The van der Waals surface area contributed by atoms with Crippen LogP contribution in [0.25, 0.3) is 10.8 Å². The van der Waals surface area contributed by atoms with Gasteiger partial charge in [-0.2, -0.15) is 5.10 Å². The van der Waals surface area contributed by atoms with Gasteiger partial charge in [-0.3, -0.25) is 0 Å². The molecule has 3 rings (SSSR count). The van der Waals surface area contributed by atoms with E-state index in [-0.39, 0.29) is 12.0 Å². The van der Waals surface area contributed by atoms with Crippen molar-refractivity contribution >= 4 is 16.6 Å². The van der Waals surface area contributed by atoms with E-state index < -0.39 is 0 Å². The van der Waals surface area contributed by atoms with Crippen molar-refractivity contribution in [3.05, 3.63) is 30.5 Å². The molecule has 0 bridgehead atoms. The number of hydrogen-bond acceptors (Lipinski definition) is 4. The second kappa shape index (κ2) is 4.53. The van der Waals surface area contributed by atoms with Crippen LogP contribution < -0.4 is 5.32 Å². The lowest BCUT2D eigenvalue weighted by Crippen LogP contribution is -2.17. The Bertz CT molecular complexity index is 546. The molecule has 0 amide bonds. The minimum absolute atomic E-state index is 0.267. The highest BCUT2D eigenvalue weighted by atomic mass is 16.3. The average molecular weight is 243 g/mol. The van der Waals surface area contributed by atoms with Crippen LogP contribution in [0, 0.1) is 5.41 Å². The van der Waals surface area contributed by atoms with Gasteiger partial charge in [-0.1, -0.05) is 24.3 Å². The third-order valence-corrected chi connectivity index (χ3v) is 3.80. The fourth-order valence-corrected chi connectivity index (χ4v) is 2.36. The molecule has 2 N–H and O–H groups in total. The zero-order valence-electron chi connectivity index (χ0n) is 10.3. The second-order valence-corrected chi connectivity index (χ2v) is 5.11. The van der Waals surface area contributed by atoms with E-state index in [2.05, 4.69) is 21.6 Å². The molecule has 4 nitrogen and oxygen atoms in total. The Morgan fingerprint density at radius 2 is 2.11 bits per heavy atom. The van der Waals surface area contributed by atoms with Crippen LogP contribution in [0.15, 0.2) is 30.5 Å². The number of fused-ring (bicyclic) bond motifs is 1. The molecule has 0 spiro atoms. The SMILES string of the molecule is OCCC1(CNc2nncc3ccccc23)CC1. The Balaban J connectivity index is 1.79. The van der Waals surface area contributed by atoms with E-state index in [1.165, 1.54) is 12.8 Å². The van der Waals surface area contributed by atoms with Gasteiger partial charge in [-0.25, -0.2) is 0 Å². The quantitative estimate of drug-likeness (QED) is 0.845. The molecule has 1 aromatic carbocycles. The number of aromatic nitrogens is 2. The van der Waals surface area contributed by atoms with Gasteiger partial charge in [-0.15, -0.1) is 5.10 Å². The van der Waals surface area contributed by atoms with Crippen molar-refractivity contribution in [2.24, 2.45) is 5.41 Å². The average Bonchev–Trinajstić information content (AvgIpc) is 3.17. The molecular weight excluding hydrogens is 226 g/mol. The molecule has 4 heteroatoms. The van der Waals surface area contributed by atoms with Crippen LogP contribution in [0.2, 0.25) is 0 Å². The number of hydrogen-bond donors (Lipinski definition) is 2. The van der Waals surface area contributed by atoms with Crippen molar-refractivity contribution in [3.8, 4) is 0 Å². The summed E-state index contributed by atoms with van der Waals surface area (Å²) in [6.45, 7) is 1.14. The van der Waals surface area contributed by atoms with E-state index in [4.69, 9.17) is 5.11 Å². The summed E-state index contributed by atoms with van der Waals surface area (Å²) in [5, 5.41) is 22.8.